The van der Waals surface area contributed by atoms with Gasteiger partial charge in [-0.05, 0) is 43.0 Å². The van der Waals surface area contributed by atoms with Crippen LogP contribution in [0.3, 0.4) is 0 Å². The maximum atomic E-state index is 12.6. The van der Waals surface area contributed by atoms with Crippen molar-refractivity contribution in [1.82, 2.24) is 4.90 Å². The fraction of sp³-hybridized carbons (Fsp3) is 0.375. The molecule has 7 heteroatoms. The third kappa shape index (κ3) is 5.63. The number of fused-ring (bicyclic) bond motifs is 3. The third-order valence-corrected chi connectivity index (χ3v) is 4.93. The van der Waals surface area contributed by atoms with E-state index >= 15 is 0 Å². The lowest BCUT2D eigenvalue weighted by molar-refractivity contribution is -0.155. The van der Waals surface area contributed by atoms with Crippen LogP contribution in [0.4, 0.5) is 4.79 Å². The van der Waals surface area contributed by atoms with Crippen LogP contribution >= 0.6 is 0 Å². The van der Waals surface area contributed by atoms with Gasteiger partial charge in [0.2, 0.25) is 0 Å². The summed E-state index contributed by atoms with van der Waals surface area (Å²) in [5, 5.41) is 9.16. The van der Waals surface area contributed by atoms with Crippen molar-refractivity contribution in [3.05, 3.63) is 59.7 Å². The highest BCUT2D eigenvalue weighted by atomic mass is 16.6. The van der Waals surface area contributed by atoms with Crippen LogP contribution in [0.1, 0.15) is 44.2 Å². The van der Waals surface area contributed by atoms with Crippen LogP contribution in [-0.2, 0) is 19.1 Å². The van der Waals surface area contributed by atoms with Crippen molar-refractivity contribution in [1.29, 1.82) is 0 Å². The van der Waals surface area contributed by atoms with E-state index in [2.05, 4.69) is 0 Å². The van der Waals surface area contributed by atoms with Crippen molar-refractivity contribution in [2.75, 3.05) is 19.7 Å². The molecular formula is C24H27NO6. The largest absolute Gasteiger partial charge is 0.480 e. The molecule has 0 atom stereocenters. The number of rotatable bonds is 7. The molecule has 2 aromatic carbocycles. The van der Waals surface area contributed by atoms with E-state index < -0.39 is 30.2 Å². The number of hydrogen-bond acceptors (Lipinski definition) is 5. The maximum Gasteiger partial charge on any atom is 0.410 e. The second-order valence-corrected chi connectivity index (χ2v) is 8.46. The first-order chi connectivity index (χ1) is 14.7. The molecule has 0 unspecified atom stereocenters. The smallest absolute Gasteiger partial charge is 0.410 e. The zero-order valence-corrected chi connectivity index (χ0v) is 18.0. The quantitative estimate of drug-likeness (QED) is 0.673. The normalized spacial score (nSPS) is 12.6. The van der Waals surface area contributed by atoms with Gasteiger partial charge in [0.05, 0.1) is 6.42 Å². The zero-order chi connectivity index (χ0) is 22.6. The molecule has 0 spiro atoms. The van der Waals surface area contributed by atoms with Crippen LogP contribution in [0.2, 0.25) is 0 Å². The molecule has 7 nitrogen and oxygen atoms in total. The predicted octanol–water partition coefficient (Wildman–Crippen LogP) is 4.05. The van der Waals surface area contributed by atoms with Gasteiger partial charge in [-0.25, -0.2) is 4.79 Å². The van der Waals surface area contributed by atoms with Gasteiger partial charge in [0.15, 0.2) is 0 Å². The fourth-order valence-corrected chi connectivity index (χ4v) is 3.70. The number of ether oxygens (including phenoxy) is 2. The minimum Gasteiger partial charge on any atom is -0.480 e. The Bertz CT molecular complexity index is 933. The van der Waals surface area contributed by atoms with Crippen molar-refractivity contribution >= 4 is 18.0 Å². The summed E-state index contributed by atoms with van der Waals surface area (Å²) in [4.78, 5) is 36.8. The number of hydrogen-bond donors (Lipinski definition) is 1. The number of benzene rings is 2. The Kier molecular flexibility index (Phi) is 6.63. The molecule has 0 saturated carbocycles. The summed E-state index contributed by atoms with van der Waals surface area (Å²) in [6.45, 7) is 4.65. The molecule has 0 aromatic heterocycles. The Morgan fingerprint density at radius 3 is 2.03 bits per heavy atom. The van der Waals surface area contributed by atoms with Gasteiger partial charge in [-0.3, -0.25) is 14.5 Å². The second-order valence-electron chi connectivity index (χ2n) is 8.46. The number of amides is 1. The number of carboxylic acid groups (broad SMARTS) is 1. The molecule has 0 bridgehead atoms. The van der Waals surface area contributed by atoms with Crippen LogP contribution in [-0.4, -0.2) is 53.3 Å². The molecule has 31 heavy (non-hydrogen) atoms. The number of carbonyl (C=O) groups excluding carboxylic acids is 2. The average molecular weight is 425 g/mol. The molecule has 0 fully saturated rings. The van der Waals surface area contributed by atoms with Gasteiger partial charge < -0.3 is 14.6 Å². The zero-order valence-electron chi connectivity index (χ0n) is 18.0. The summed E-state index contributed by atoms with van der Waals surface area (Å²) in [6, 6.07) is 15.9. The highest BCUT2D eigenvalue weighted by Crippen LogP contribution is 2.44. The average Bonchev–Trinajstić information content (AvgIpc) is 3.01. The Morgan fingerprint density at radius 1 is 0.968 bits per heavy atom. The molecule has 164 valence electrons. The SMILES string of the molecule is CC(C)(C)OC(=O)CCN(CC(=O)O)C(=O)OCC1c2ccccc2-c2ccccc21. The van der Waals surface area contributed by atoms with Crippen LogP contribution in [0.15, 0.2) is 48.5 Å². The molecular weight excluding hydrogens is 398 g/mol. The molecule has 0 saturated heterocycles. The number of carboxylic acids is 1. The standard InChI is InChI=1S/C24H27NO6/c1-24(2,3)31-22(28)12-13-25(14-21(26)27)23(29)30-15-20-18-10-6-4-8-16(18)17-9-5-7-11-19(17)20/h4-11,20H,12-15H2,1-3H3,(H,26,27). The van der Waals surface area contributed by atoms with E-state index in [1.165, 1.54) is 0 Å². The number of carbonyl (C=O) groups is 3. The molecule has 3 rings (SSSR count). The van der Waals surface area contributed by atoms with Crippen molar-refractivity contribution in [3.8, 4) is 11.1 Å². The predicted molar refractivity (Wildman–Crippen MR) is 115 cm³/mol. The van der Waals surface area contributed by atoms with Gasteiger partial charge in [0, 0.05) is 12.5 Å². The molecule has 0 radical (unpaired) electrons. The lowest BCUT2D eigenvalue weighted by Crippen LogP contribution is -2.38. The third-order valence-electron chi connectivity index (χ3n) is 4.93. The summed E-state index contributed by atoms with van der Waals surface area (Å²) in [5.74, 6) is -1.82. The van der Waals surface area contributed by atoms with Gasteiger partial charge in [0.1, 0.15) is 18.8 Å². The van der Waals surface area contributed by atoms with Gasteiger partial charge in [-0.2, -0.15) is 0 Å². The summed E-state index contributed by atoms with van der Waals surface area (Å²) in [7, 11) is 0. The number of aliphatic carboxylic acids is 1. The first kappa shape index (κ1) is 22.3. The molecule has 1 aliphatic carbocycles. The Morgan fingerprint density at radius 2 is 1.52 bits per heavy atom. The topological polar surface area (TPSA) is 93.1 Å². The van der Waals surface area contributed by atoms with E-state index in [-0.39, 0.29) is 25.5 Å². The second kappa shape index (κ2) is 9.20. The molecule has 0 aliphatic heterocycles. The minimum atomic E-state index is -1.18. The molecule has 1 N–H and O–H groups in total. The first-order valence-corrected chi connectivity index (χ1v) is 10.2. The molecule has 2 aromatic rings. The fourth-order valence-electron chi connectivity index (χ4n) is 3.70. The molecule has 1 amide bonds. The van der Waals surface area contributed by atoms with E-state index in [1.807, 2.05) is 48.5 Å². The van der Waals surface area contributed by atoms with Gasteiger partial charge in [-0.15, -0.1) is 0 Å². The minimum absolute atomic E-state index is 0.0788. The highest BCUT2D eigenvalue weighted by Gasteiger charge is 2.30. The maximum absolute atomic E-state index is 12.6. The van der Waals surface area contributed by atoms with E-state index in [1.54, 1.807) is 20.8 Å². The van der Waals surface area contributed by atoms with Crippen LogP contribution in [0.25, 0.3) is 11.1 Å². The Labute approximate surface area is 181 Å². The van der Waals surface area contributed by atoms with Gasteiger partial charge in [-0.1, -0.05) is 48.5 Å². The lowest BCUT2D eigenvalue weighted by Gasteiger charge is -2.23. The lowest BCUT2D eigenvalue weighted by atomic mass is 9.98. The van der Waals surface area contributed by atoms with Crippen molar-refractivity contribution in [3.63, 3.8) is 0 Å². The van der Waals surface area contributed by atoms with Gasteiger partial charge in [0.25, 0.3) is 0 Å². The summed E-state index contributed by atoms with van der Waals surface area (Å²) < 4.78 is 10.7. The van der Waals surface area contributed by atoms with Crippen molar-refractivity contribution < 1.29 is 29.0 Å². The summed E-state index contributed by atoms with van der Waals surface area (Å²) >= 11 is 0. The van der Waals surface area contributed by atoms with Crippen LogP contribution in [0.5, 0.6) is 0 Å². The Hall–Kier alpha value is -3.35. The van der Waals surface area contributed by atoms with Gasteiger partial charge >= 0.3 is 18.0 Å². The summed E-state index contributed by atoms with van der Waals surface area (Å²) in [6.07, 6.45) is -0.887. The van der Waals surface area contributed by atoms with Crippen LogP contribution < -0.4 is 0 Å². The molecule has 0 heterocycles. The van der Waals surface area contributed by atoms with E-state index in [4.69, 9.17) is 14.6 Å². The van der Waals surface area contributed by atoms with Crippen molar-refractivity contribution in [2.45, 2.75) is 38.7 Å². The first-order valence-electron chi connectivity index (χ1n) is 10.2. The Balaban J connectivity index is 1.67. The van der Waals surface area contributed by atoms with E-state index in [0.29, 0.717) is 0 Å². The highest BCUT2D eigenvalue weighted by molar-refractivity contribution is 5.80. The number of nitrogens with zero attached hydrogens (tertiary/aromatic N) is 1. The van der Waals surface area contributed by atoms with E-state index in [9.17, 15) is 14.4 Å². The monoisotopic (exact) mass is 425 g/mol. The number of esters is 1. The van der Waals surface area contributed by atoms with E-state index in [0.717, 1.165) is 27.2 Å². The molecule has 1 aliphatic rings. The summed E-state index contributed by atoms with van der Waals surface area (Å²) in [5.41, 5.74) is 3.68. The van der Waals surface area contributed by atoms with Crippen molar-refractivity contribution in [2.24, 2.45) is 0 Å². The van der Waals surface area contributed by atoms with Crippen LogP contribution in [0, 0.1) is 0 Å².